The fraction of sp³-hybridized carbons (Fsp3) is 0.483. The molecule has 66 heavy (non-hydrogen) atoms. The van der Waals surface area contributed by atoms with Gasteiger partial charge in [-0.25, -0.2) is 0 Å². The second-order valence-electron chi connectivity index (χ2n) is 15.7. The van der Waals surface area contributed by atoms with Crippen molar-refractivity contribution >= 4 is 17.9 Å². The topological polar surface area (TPSA) is 78.9 Å². The van der Waals surface area contributed by atoms with Crippen molar-refractivity contribution in [2.24, 2.45) is 0 Å². The van der Waals surface area contributed by atoms with Gasteiger partial charge in [0.05, 0.1) is 0 Å². The van der Waals surface area contributed by atoms with E-state index in [1.807, 2.05) is 60.8 Å². The summed E-state index contributed by atoms with van der Waals surface area (Å²) in [5, 5.41) is 0. The van der Waals surface area contributed by atoms with E-state index in [9.17, 15) is 14.4 Å². The summed E-state index contributed by atoms with van der Waals surface area (Å²) in [5.41, 5.74) is 0. The first-order valence-electron chi connectivity index (χ1n) is 25.2. The molecule has 0 radical (unpaired) electrons. The number of esters is 3. The quantitative estimate of drug-likeness (QED) is 0.0200. The number of rotatable bonds is 42. The number of ether oxygens (including phenoxy) is 3. The Morgan fingerprint density at radius 3 is 1.03 bits per heavy atom. The van der Waals surface area contributed by atoms with Gasteiger partial charge in [-0.1, -0.05) is 204 Å². The molecule has 0 aliphatic carbocycles. The zero-order valence-electron chi connectivity index (χ0n) is 41.4. The first kappa shape index (κ1) is 60.8. The van der Waals surface area contributed by atoms with Crippen LogP contribution in [0.15, 0.2) is 170 Å². The molecule has 0 aromatic carbocycles. The lowest BCUT2D eigenvalue weighted by Crippen LogP contribution is -2.30. The van der Waals surface area contributed by atoms with Crippen molar-refractivity contribution in [2.45, 2.75) is 175 Å². The van der Waals surface area contributed by atoms with Gasteiger partial charge in [0.1, 0.15) is 13.2 Å². The number of carbonyl (C=O) groups excluding carboxylic acids is 3. The third-order valence-electron chi connectivity index (χ3n) is 9.61. The molecular weight excluding hydrogens is 817 g/mol. The molecule has 0 aliphatic heterocycles. The van der Waals surface area contributed by atoms with E-state index >= 15 is 0 Å². The molecule has 0 aliphatic rings. The highest BCUT2D eigenvalue weighted by Crippen LogP contribution is 2.10. The van der Waals surface area contributed by atoms with E-state index in [1.54, 1.807) is 0 Å². The van der Waals surface area contributed by atoms with Gasteiger partial charge in [0, 0.05) is 19.3 Å². The van der Waals surface area contributed by atoms with E-state index in [0.717, 1.165) is 116 Å². The van der Waals surface area contributed by atoms with Gasteiger partial charge in [0.25, 0.3) is 0 Å². The van der Waals surface area contributed by atoms with Gasteiger partial charge in [-0.3, -0.25) is 14.4 Å². The molecule has 6 nitrogen and oxygen atoms in total. The lowest BCUT2D eigenvalue weighted by Gasteiger charge is -2.18. The molecule has 0 saturated heterocycles. The van der Waals surface area contributed by atoms with Crippen molar-refractivity contribution in [1.82, 2.24) is 0 Å². The summed E-state index contributed by atoms with van der Waals surface area (Å²) in [6.07, 6.45) is 77.7. The van der Waals surface area contributed by atoms with Crippen LogP contribution in [0.4, 0.5) is 0 Å². The molecule has 6 heteroatoms. The number of carbonyl (C=O) groups is 3. The molecule has 0 saturated carbocycles. The van der Waals surface area contributed by atoms with Crippen molar-refractivity contribution in [2.75, 3.05) is 13.2 Å². The van der Waals surface area contributed by atoms with E-state index in [0.29, 0.717) is 19.3 Å². The van der Waals surface area contributed by atoms with Gasteiger partial charge in [-0.2, -0.15) is 0 Å². The standard InChI is InChI=1S/C60H88O6/c1-4-7-10-13-16-19-22-25-27-29-30-32-33-35-38-41-44-47-50-53-59(62)65-56-57(55-64-58(61)52-49-46-43-40-37-24-21-18-15-12-9-6-3)66-60(63)54-51-48-45-42-39-36-34-31-28-26-23-20-17-14-11-8-5-2/h7-12,14,16-21,23,25-28,30-32,34-40,57H,4-6,13,15,22,24,29,33,41-56H2,1-3H3/b10-7-,11-8-,12-9-,17-14-,19-16-,21-18-,23-20-,27-25-,28-26-,32-30-,34-31+,38-35-,39-36-,40-37-. The summed E-state index contributed by atoms with van der Waals surface area (Å²) < 4.78 is 16.7. The van der Waals surface area contributed by atoms with Crippen LogP contribution in [-0.4, -0.2) is 37.2 Å². The first-order valence-corrected chi connectivity index (χ1v) is 25.2. The van der Waals surface area contributed by atoms with Crippen molar-refractivity contribution in [3.63, 3.8) is 0 Å². The average Bonchev–Trinajstić information content (AvgIpc) is 3.31. The maximum absolute atomic E-state index is 12.8. The normalized spacial score (nSPS) is 13.6. The number of allylic oxidation sites excluding steroid dienone is 28. The van der Waals surface area contributed by atoms with Gasteiger partial charge in [-0.15, -0.1) is 0 Å². The van der Waals surface area contributed by atoms with Crippen LogP contribution in [0.25, 0.3) is 0 Å². The Bertz CT molecular complexity index is 1600. The Kier molecular flexibility index (Phi) is 48.2. The van der Waals surface area contributed by atoms with Crippen LogP contribution in [0.1, 0.15) is 168 Å². The molecule has 0 rings (SSSR count). The highest BCUT2D eigenvalue weighted by molar-refractivity contribution is 5.71. The third-order valence-corrected chi connectivity index (χ3v) is 9.61. The van der Waals surface area contributed by atoms with Gasteiger partial charge in [-0.05, 0) is 116 Å². The largest absolute Gasteiger partial charge is 0.462 e. The monoisotopic (exact) mass is 905 g/mol. The van der Waals surface area contributed by atoms with E-state index in [-0.39, 0.29) is 44.0 Å². The van der Waals surface area contributed by atoms with Gasteiger partial charge in [0.15, 0.2) is 6.10 Å². The highest BCUT2D eigenvalue weighted by atomic mass is 16.6. The smallest absolute Gasteiger partial charge is 0.306 e. The van der Waals surface area contributed by atoms with Crippen molar-refractivity contribution in [3.05, 3.63) is 170 Å². The molecule has 364 valence electrons. The summed E-state index contributed by atoms with van der Waals surface area (Å²) in [7, 11) is 0. The van der Waals surface area contributed by atoms with E-state index in [2.05, 4.69) is 130 Å². The number of unbranched alkanes of at least 4 members (excludes halogenated alkanes) is 8. The molecule has 1 atom stereocenters. The minimum absolute atomic E-state index is 0.135. The molecule has 1 unspecified atom stereocenters. The van der Waals surface area contributed by atoms with Crippen LogP contribution in [-0.2, 0) is 28.6 Å². The van der Waals surface area contributed by atoms with E-state index < -0.39 is 6.10 Å². The summed E-state index contributed by atoms with van der Waals surface area (Å²) in [4.78, 5) is 38.0. The summed E-state index contributed by atoms with van der Waals surface area (Å²) in [6, 6.07) is 0. The summed E-state index contributed by atoms with van der Waals surface area (Å²) >= 11 is 0. The fourth-order valence-corrected chi connectivity index (χ4v) is 5.92. The Labute approximate surface area is 402 Å². The minimum atomic E-state index is -0.840. The molecule has 0 aromatic rings. The van der Waals surface area contributed by atoms with Gasteiger partial charge >= 0.3 is 17.9 Å². The van der Waals surface area contributed by atoms with Crippen LogP contribution in [0.3, 0.4) is 0 Å². The first-order chi connectivity index (χ1) is 32.5. The molecule has 0 bridgehead atoms. The van der Waals surface area contributed by atoms with Crippen molar-refractivity contribution in [1.29, 1.82) is 0 Å². The third kappa shape index (κ3) is 49.8. The SMILES string of the molecule is CC\C=C/C=C\C=C/C=C\C=C\C=C/CCCCCC(=O)OC(COC(=O)CCCC/C=C\C/C=C\C/C=C\CC)COC(=O)CCCCC/C=C\C/C=C\C/C=C\C/C=C\C/C=C\CC. The van der Waals surface area contributed by atoms with Gasteiger partial charge in [0.2, 0.25) is 0 Å². The van der Waals surface area contributed by atoms with Crippen molar-refractivity contribution < 1.29 is 28.6 Å². The second kappa shape index (κ2) is 52.4. The molecule has 0 spiro atoms. The average molecular weight is 905 g/mol. The van der Waals surface area contributed by atoms with E-state index in [1.165, 1.54) is 0 Å². The molecular formula is C60H88O6. The molecule has 0 aromatic heterocycles. The van der Waals surface area contributed by atoms with E-state index in [4.69, 9.17) is 14.2 Å². The Morgan fingerprint density at radius 1 is 0.318 bits per heavy atom. The molecule has 0 heterocycles. The van der Waals surface area contributed by atoms with Crippen LogP contribution in [0.2, 0.25) is 0 Å². The minimum Gasteiger partial charge on any atom is -0.462 e. The Balaban J connectivity index is 4.62. The predicted molar refractivity (Wildman–Crippen MR) is 283 cm³/mol. The van der Waals surface area contributed by atoms with Crippen LogP contribution in [0.5, 0.6) is 0 Å². The summed E-state index contributed by atoms with van der Waals surface area (Å²) in [6.45, 7) is 6.12. The predicted octanol–water partition coefficient (Wildman–Crippen LogP) is 16.8. The van der Waals surface area contributed by atoms with Gasteiger partial charge < -0.3 is 14.2 Å². The van der Waals surface area contributed by atoms with Crippen molar-refractivity contribution in [3.8, 4) is 0 Å². The Hall–Kier alpha value is -5.23. The molecule has 0 N–H and O–H groups in total. The molecule has 0 fully saturated rings. The zero-order chi connectivity index (χ0) is 47.9. The number of hydrogen-bond donors (Lipinski definition) is 0. The van der Waals surface area contributed by atoms with Crippen LogP contribution in [0, 0.1) is 0 Å². The lowest BCUT2D eigenvalue weighted by molar-refractivity contribution is -0.167. The fourth-order valence-electron chi connectivity index (χ4n) is 5.92. The second-order valence-corrected chi connectivity index (χ2v) is 15.7. The van der Waals surface area contributed by atoms with Crippen LogP contribution >= 0.6 is 0 Å². The molecule has 0 amide bonds. The lowest BCUT2D eigenvalue weighted by atomic mass is 10.1. The summed E-state index contributed by atoms with van der Waals surface area (Å²) in [5.74, 6) is -1.07. The Morgan fingerprint density at radius 2 is 0.621 bits per heavy atom. The maximum atomic E-state index is 12.8. The highest BCUT2D eigenvalue weighted by Gasteiger charge is 2.19. The maximum Gasteiger partial charge on any atom is 0.306 e. The number of hydrogen-bond acceptors (Lipinski definition) is 6. The zero-order valence-corrected chi connectivity index (χ0v) is 41.4. The van der Waals surface area contributed by atoms with Crippen LogP contribution < -0.4 is 0 Å².